The van der Waals surface area contributed by atoms with E-state index >= 15 is 0 Å². The first-order valence-electron chi connectivity index (χ1n) is 8.30. The Hall–Kier alpha value is -3.00. The van der Waals surface area contributed by atoms with Crippen molar-refractivity contribution in [1.29, 1.82) is 0 Å². The van der Waals surface area contributed by atoms with Gasteiger partial charge in [0.2, 0.25) is 0 Å². The fraction of sp³-hybridized carbons (Fsp3) is 0.368. The van der Waals surface area contributed by atoms with E-state index in [1.165, 1.54) is 21.3 Å². The zero-order valence-electron chi connectivity index (χ0n) is 16.1. The summed E-state index contributed by atoms with van der Waals surface area (Å²) < 4.78 is 20.4. The number of esters is 1. The number of aromatic amines is 1. The van der Waals surface area contributed by atoms with Crippen molar-refractivity contribution in [3.63, 3.8) is 0 Å². The number of aromatic nitrogens is 1. The molecule has 0 unspecified atom stereocenters. The third kappa shape index (κ3) is 4.79. The van der Waals surface area contributed by atoms with Crippen molar-refractivity contribution in [2.75, 3.05) is 39.9 Å². The fourth-order valence-electron chi connectivity index (χ4n) is 2.65. The van der Waals surface area contributed by atoms with Gasteiger partial charge in [-0.3, -0.25) is 4.79 Å². The summed E-state index contributed by atoms with van der Waals surface area (Å²) in [7, 11) is 4.58. The Labute approximate surface area is 157 Å². The molecule has 0 saturated carbocycles. The number of hydrogen-bond acceptors (Lipinski definition) is 6. The Morgan fingerprint density at radius 3 is 2.19 bits per heavy atom. The fourth-order valence-corrected chi connectivity index (χ4v) is 2.65. The van der Waals surface area contributed by atoms with Crippen molar-refractivity contribution < 1.29 is 28.5 Å². The Morgan fingerprint density at radius 1 is 1.00 bits per heavy atom. The molecular weight excluding hydrogens is 352 g/mol. The van der Waals surface area contributed by atoms with Crippen LogP contribution in [0.3, 0.4) is 0 Å². The molecule has 0 aliphatic rings. The van der Waals surface area contributed by atoms with Crippen LogP contribution in [-0.4, -0.2) is 51.4 Å². The smallest absolute Gasteiger partial charge is 0.340 e. The maximum Gasteiger partial charge on any atom is 0.340 e. The van der Waals surface area contributed by atoms with E-state index in [0.717, 1.165) is 0 Å². The van der Waals surface area contributed by atoms with Crippen LogP contribution < -0.4 is 14.8 Å². The number of ether oxygens (including phenoxy) is 4. The maximum absolute atomic E-state index is 12.7. The second kappa shape index (κ2) is 9.09. The van der Waals surface area contributed by atoms with Crippen LogP contribution in [0.25, 0.3) is 0 Å². The topological polar surface area (TPSA) is 98.9 Å². The molecule has 1 aromatic carbocycles. The molecule has 2 rings (SSSR count). The molecule has 27 heavy (non-hydrogen) atoms. The molecule has 2 aromatic rings. The van der Waals surface area contributed by atoms with Crippen LogP contribution >= 0.6 is 0 Å². The van der Waals surface area contributed by atoms with Crippen molar-refractivity contribution in [2.45, 2.75) is 13.8 Å². The molecule has 0 atom stereocenters. The maximum atomic E-state index is 12.7. The van der Waals surface area contributed by atoms with Gasteiger partial charge in [0.1, 0.15) is 23.8 Å². The van der Waals surface area contributed by atoms with Gasteiger partial charge in [-0.1, -0.05) is 0 Å². The monoisotopic (exact) mass is 376 g/mol. The first kappa shape index (κ1) is 20.3. The van der Waals surface area contributed by atoms with E-state index in [4.69, 9.17) is 18.9 Å². The number of amides is 1. The normalized spacial score (nSPS) is 10.4. The number of carbonyl (C=O) groups is 2. The highest BCUT2D eigenvalue weighted by atomic mass is 16.6. The van der Waals surface area contributed by atoms with Crippen molar-refractivity contribution in [1.82, 2.24) is 4.98 Å². The summed E-state index contributed by atoms with van der Waals surface area (Å²) in [6.07, 6.45) is 0. The highest BCUT2D eigenvalue weighted by Gasteiger charge is 2.23. The molecule has 8 nitrogen and oxygen atoms in total. The molecule has 0 aliphatic carbocycles. The van der Waals surface area contributed by atoms with E-state index in [0.29, 0.717) is 40.6 Å². The van der Waals surface area contributed by atoms with Crippen LogP contribution in [-0.2, 0) is 9.47 Å². The van der Waals surface area contributed by atoms with Crippen LogP contribution in [0, 0.1) is 13.8 Å². The van der Waals surface area contributed by atoms with Gasteiger partial charge in [0, 0.05) is 36.7 Å². The summed E-state index contributed by atoms with van der Waals surface area (Å²) in [5.41, 5.74) is 2.21. The molecule has 0 spiro atoms. The summed E-state index contributed by atoms with van der Waals surface area (Å²) in [6.45, 7) is 3.85. The van der Waals surface area contributed by atoms with E-state index in [1.54, 1.807) is 32.0 Å². The summed E-state index contributed by atoms with van der Waals surface area (Å²) in [4.78, 5) is 27.9. The van der Waals surface area contributed by atoms with Crippen LogP contribution in [0.15, 0.2) is 18.2 Å². The zero-order chi connectivity index (χ0) is 20.0. The Balaban J connectivity index is 2.22. The van der Waals surface area contributed by atoms with Crippen LogP contribution in [0.2, 0.25) is 0 Å². The highest BCUT2D eigenvalue weighted by molar-refractivity contribution is 6.07. The average molecular weight is 376 g/mol. The lowest BCUT2D eigenvalue weighted by Crippen LogP contribution is -2.15. The van der Waals surface area contributed by atoms with Gasteiger partial charge in [0.15, 0.2) is 0 Å². The number of methoxy groups -OCH3 is 3. The molecule has 1 amide bonds. The molecule has 8 heteroatoms. The second-order valence-corrected chi connectivity index (χ2v) is 5.81. The Kier molecular flexibility index (Phi) is 6.84. The molecule has 0 fully saturated rings. The van der Waals surface area contributed by atoms with Gasteiger partial charge in [0.05, 0.1) is 26.4 Å². The molecule has 0 bridgehead atoms. The summed E-state index contributed by atoms with van der Waals surface area (Å²) in [5.74, 6) is 0.208. The number of anilines is 1. The van der Waals surface area contributed by atoms with E-state index in [9.17, 15) is 9.59 Å². The van der Waals surface area contributed by atoms with E-state index in [2.05, 4.69) is 10.3 Å². The lowest BCUT2D eigenvalue weighted by Gasteiger charge is -2.10. The molecule has 146 valence electrons. The number of nitrogens with one attached hydrogen (secondary N) is 2. The van der Waals surface area contributed by atoms with Crippen LogP contribution in [0.1, 0.15) is 32.1 Å². The van der Waals surface area contributed by atoms with Gasteiger partial charge in [0.25, 0.3) is 5.91 Å². The minimum absolute atomic E-state index is 0.143. The Morgan fingerprint density at radius 2 is 1.63 bits per heavy atom. The largest absolute Gasteiger partial charge is 0.497 e. The lowest BCUT2D eigenvalue weighted by atomic mass is 10.1. The molecule has 0 radical (unpaired) electrons. The van der Waals surface area contributed by atoms with Crippen molar-refractivity contribution >= 4 is 17.6 Å². The van der Waals surface area contributed by atoms with E-state index in [-0.39, 0.29) is 18.2 Å². The molecule has 0 aliphatic heterocycles. The van der Waals surface area contributed by atoms with E-state index in [1.807, 2.05) is 0 Å². The predicted molar refractivity (Wildman–Crippen MR) is 99.9 cm³/mol. The number of carbonyl (C=O) groups excluding carboxylic acids is 2. The quantitative estimate of drug-likeness (QED) is 0.543. The van der Waals surface area contributed by atoms with Crippen LogP contribution in [0.4, 0.5) is 5.69 Å². The number of aryl methyl sites for hydroxylation is 1. The van der Waals surface area contributed by atoms with Gasteiger partial charge in [-0.2, -0.15) is 0 Å². The number of benzene rings is 1. The van der Waals surface area contributed by atoms with E-state index < -0.39 is 5.97 Å². The van der Waals surface area contributed by atoms with Crippen molar-refractivity contribution in [2.24, 2.45) is 0 Å². The number of rotatable bonds is 8. The van der Waals surface area contributed by atoms with Gasteiger partial charge in [-0.15, -0.1) is 0 Å². The average Bonchev–Trinajstić information content (AvgIpc) is 2.95. The molecule has 0 saturated heterocycles. The molecule has 2 N–H and O–H groups in total. The SMILES string of the molecule is COCCOC(=O)c1c(C)[nH]c(C(=O)Nc2cc(OC)cc(OC)c2)c1C. The van der Waals surface area contributed by atoms with Gasteiger partial charge in [-0.25, -0.2) is 4.79 Å². The highest BCUT2D eigenvalue weighted by Crippen LogP contribution is 2.27. The molecule has 1 aromatic heterocycles. The van der Waals surface area contributed by atoms with Crippen molar-refractivity contribution in [3.05, 3.63) is 40.7 Å². The minimum Gasteiger partial charge on any atom is -0.497 e. The van der Waals surface area contributed by atoms with Crippen LogP contribution in [0.5, 0.6) is 11.5 Å². The molecule has 1 heterocycles. The Bertz CT molecular complexity index is 806. The molecular formula is C19H24N2O6. The van der Waals surface area contributed by atoms with Crippen molar-refractivity contribution in [3.8, 4) is 11.5 Å². The standard InChI is InChI=1S/C19H24N2O6/c1-11-16(19(23)27-7-6-24-3)12(2)20-17(11)18(22)21-13-8-14(25-4)10-15(9-13)26-5/h8-10,20H,6-7H2,1-5H3,(H,21,22). The summed E-state index contributed by atoms with van der Waals surface area (Å²) >= 11 is 0. The van der Waals surface area contributed by atoms with Gasteiger partial charge >= 0.3 is 5.97 Å². The van der Waals surface area contributed by atoms with Gasteiger partial charge in [-0.05, 0) is 19.4 Å². The first-order valence-corrected chi connectivity index (χ1v) is 8.30. The lowest BCUT2D eigenvalue weighted by molar-refractivity contribution is 0.0387. The second-order valence-electron chi connectivity index (χ2n) is 5.81. The summed E-state index contributed by atoms with van der Waals surface area (Å²) in [5, 5.41) is 2.78. The first-order chi connectivity index (χ1) is 12.9. The number of hydrogen-bond donors (Lipinski definition) is 2. The summed E-state index contributed by atoms with van der Waals surface area (Å²) in [6, 6.07) is 5.05. The number of H-pyrrole nitrogens is 1. The van der Waals surface area contributed by atoms with Gasteiger partial charge < -0.3 is 29.2 Å². The zero-order valence-corrected chi connectivity index (χ0v) is 16.1. The third-order valence-electron chi connectivity index (χ3n) is 4.00. The third-order valence-corrected chi connectivity index (χ3v) is 4.00. The predicted octanol–water partition coefficient (Wildman–Crippen LogP) is 2.70. The minimum atomic E-state index is -0.500.